The molecule has 0 spiro atoms. The summed E-state index contributed by atoms with van der Waals surface area (Å²) in [4.78, 5) is 22.2. The number of rotatable bonds is 4. The third-order valence-corrected chi connectivity index (χ3v) is 3.84. The molecule has 0 amide bonds. The first-order valence-corrected chi connectivity index (χ1v) is 6.61. The van der Waals surface area contributed by atoms with Gasteiger partial charge in [0.15, 0.2) is 0 Å². The van der Waals surface area contributed by atoms with Gasteiger partial charge < -0.3 is 9.53 Å². The highest BCUT2D eigenvalue weighted by molar-refractivity contribution is 5.75. The number of allylic oxidation sites excluding steroid dienone is 1. The average molecular weight is 252 g/mol. The summed E-state index contributed by atoms with van der Waals surface area (Å²) in [5.74, 6) is -0.0225. The largest absolute Gasteiger partial charge is 0.458 e. The first kappa shape index (κ1) is 14.9. The molecule has 0 saturated carbocycles. The van der Waals surface area contributed by atoms with E-state index in [1.54, 1.807) is 6.92 Å². The van der Waals surface area contributed by atoms with Crippen molar-refractivity contribution in [3.05, 3.63) is 11.1 Å². The zero-order valence-electron chi connectivity index (χ0n) is 12.1. The fourth-order valence-corrected chi connectivity index (χ4v) is 2.77. The smallest absolute Gasteiger partial charge is 0.303 e. The Bertz CT molecular complexity index is 377. The lowest BCUT2D eigenvalue weighted by Crippen LogP contribution is -2.31. The molecule has 0 fully saturated rings. The van der Waals surface area contributed by atoms with Crippen molar-refractivity contribution in [3.63, 3.8) is 0 Å². The standard InChI is InChI=1S/C15H24O3/c1-10(16)6-7-13-11(2)14(18-12(3)17)8-9-15(13,4)5/h14H,6-9H2,1-5H3. The minimum atomic E-state index is -0.232. The summed E-state index contributed by atoms with van der Waals surface area (Å²) >= 11 is 0. The molecule has 0 aliphatic heterocycles. The lowest BCUT2D eigenvalue weighted by atomic mass is 9.70. The second kappa shape index (κ2) is 5.68. The van der Waals surface area contributed by atoms with Crippen molar-refractivity contribution in [2.24, 2.45) is 5.41 Å². The van der Waals surface area contributed by atoms with Crippen molar-refractivity contribution in [1.82, 2.24) is 0 Å². The highest BCUT2D eigenvalue weighted by Gasteiger charge is 2.34. The van der Waals surface area contributed by atoms with Crippen LogP contribution in [0.2, 0.25) is 0 Å². The molecule has 3 nitrogen and oxygen atoms in total. The molecular weight excluding hydrogens is 228 g/mol. The van der Waals surface area contributed by atoms with Gasteiger partial charge in [0, 0.05) is 13.3 Å². The maximum Gasteiger partial charge on any atom is 0.303 e. The first-order chi connectivity index (χ1) is 8.24. The van der Waals surface area contributed by atoms with Gasteiger partial charge in [-0.05, 0) is 44.1 Å². The molecular formula is C15H24O3. The van der Waals surface area contributed by atoms with Gasteiger partial charge in [0.25, 0.3) is 0 Å². The monoisotopic (exact) mass is 252 g/mol. The van der Waals surface area contributed by atoms with Gasteiger partial charge in [-0.3, -0.25) is 4.79 Å². The normalized spacial score (nSPS) is 22.8. The van der Waals surface area contributed by atoms with Crippen molar-refractivity contribution in [2.75, 3.05) is 0 Å². The summed E-state index contributed by atoms with van der Waals surface area (Å²) in [6, 6.07) is 0. The zero-order chi connectivity index (χ0) is 13.9. The van der Waals surface area contributed by atoms with Crippen LogP contribution < -0.4 is 0 Å². The van der Waals surface area contributed by atoms with Crippen LogP contribution in [0.3, 0.4) is 0 Å². The number of hydrogen-bond donors (Lipinski definition) is 0. The van der Waals surface area contributed by atoms with E-state index in [2.05, 4.69) is 13.8 Å². The van der Waals surface area contributed by atoms with E-state index in [1.807, 2.05) is 6.92 Å². The second-order valence-electron chi connectivity index (χ2n) is 5.88. The summed E-state index contributed by atoms with van der Waals surface area (Å²) < 4.78 is 5.35. The molecule has 0 aromatic rings. The van der Waals surface area contributed by atoms with E-state index in [0.717, 1.165) is 24.8 Å². The Balaban J connectivity index is 2.93. The number of esters is 1. The van der Waals surface area contributed by atoms with Crippen LogP contribution in [0.15, 0.2) is 11.1 Å². The van der Waals surface area contributed by atoms with Gasteiger partial charge in [-0.2, -0.15) is 0 Å². The molecule has 102 valence electrons. The van der Waals surface area contributed by atoms with Crippen molar-refractivity contribution in [1.29, 1.82) is 0 Å². The minimum absolute atomic E-state index is 0.0996. The van der Waals surface area contributed by atoms with Gasteiger partial charge >= 0.3 is 5.97 Å². The number of carbonyl (C=O) groups excluding carboxylic acids is 2. The van der Waals surface area contributed by atoms with Crippen LogP contribution in [0.1, 0.15) is 60.3 Å². The van der Waals surface area contributed by atoms with Crippen LogP contribution in [-0.4, -0.2) is 17.9 Å². The molecule has 0 bridgehead atoms. The quantitative estimate of drug-likeness (QED) is 0.568. The fraction of sp³-hybridized carbons (Fsp3) is 0.733. The van der Waals surface area contributed by atoms with Crippen molar-refractivity contribution >= 4 is 11.8 Å². The molecule has 1 aliphatic rings. The molecule has 18 heavy (non-hydrogen) atoms. The van der Waals surface area contributed by atoms with Gasteiger partial charge in [0.1, 0.15) is 11.9 Å². The predicted octanol–water partition coefficient (Wildman–Crippen LogP) is 3.42. The van der Waals surface area contributed by atoms with Crippen LogP contribution in [0.5, 0.6) is 0 Å². The molecule has 0 aromatic carbocycles. The van der Waals surface area contributed by atoms with E-state index >= 15 is 0 Å². The van der Waals surface area contributed by atoms with Gasteiger partial charge in [-0.25, -0.2) is 0 Å². The van der Waals surface area contributed by atoms with Crippen LogP contribution in [-0.2, 0) is 14.3 Å². The predicted molar refractivity (Wildman–Crippen MR) is 71.2 cm³/mol. The molecule has 0 radical (unpaired) electrons. The van der Waals surface area contributed by atoms with E-state index in [4.69, 9.17) is 4.74 Å². The summed E-state index contributed by atoms with van der Waals surface area (Å²) in [6.45, 7) is 9.51. The highest BCUT2D eigenvalue weighted by Crippen LogP contribution is 2.43. The van der Waals surface area contributed by atoms with Crippen LogP contribution in [0.25, 0.3) is 0 Å². The van der Waals surface area contributed by atoms with Crippen LogP contribution in [0.4, 0.5) is 0 Å². The SMILES string of the molecule is CC(=O)CCC1=C(C)C(OC(C)=O)CCC1(C)C. The number of Topliss-reactive ketones (excluding diaryl/α,β-unsaturated/α-hetero) is 1. The van der Waals surface area contributed by atoms with Gasteiger partial charge in [0.05, 0.1) is 0 Å². The topological polar surface area (TPSA) is 43.4 Å². The van der Waals surface area contributed by atoms with Gasteiger partial charge in [-0.15, -0.1) is 0 Å². The molecule has 0 aromatic heterocycles. The maximum absolute atomic E-state index is 11.2. The van der Waals surface area contributed by atoms with Crippen molar-refractivity contribution in [3.8, 4) is 0 Å². The number of carbonyl (C=O) groups is 2. The number of ketones is 1. The Morgan fingerprint density at radius 3 is 2.44 bits per heavy atom. The fourth-order valence-electron chi connectivity index (χ4n) is 2.77. The third kappa shape index (κ3) is 3.69. The summed E-state index contributed by atoms with van der Waals surface area (Å²) in [5.41, 5.74) is 2.54. The van der Waals surface area contributed by atoms with E-state index in [-0.39, 0.29) is 23.3 Å². The Morgan fingerprint density at radius 2 is 1.94 bits per heavy atom. The molecule has 1 aliphatic carbocycles. The maximum atomic E-state index is 11.2. The van der Waals surface area contributed by atoms with E-state index < -0.39 is 0 Å². The third-order valence-electron chi connectivity index (χ3n) is 3.84. The summed E-state index contributed by atoms with van der Waals surface area (Å²) in [5, 5.41) is 0. The minimum Gasteiger partial charge on any atom is -0.458 e. The van der Waals surface area contributed by atoms with E-state index in [0.29, 0.717) is 6.42 Å². The highest BCUT2D eigenvalue weighted by atomic mass is 16.5. The lowest BCUT2D eigenvalue weighted by Gasteiger charge is -2.38. The second-order valence-corrected chi connectivity index (χ2v) is 5.88. The summed E-state index contributed by atoms with van der Waals surface area (Å²) in [6.07, 6.45) is 3.13. The molecule has 1 atom stereocenters. The lowest BCUT2D eigenvalue weighted by molar-refractivity contribution is -0.145. The van der Waals surface area contributed by atoms with Crippen LogP contribution in [0, 0.1) is 5.41 Å². The first-order valence-electron chi connectivity index (χ1n) is 6.61. The van der Waals surface area contributed by atoms with Crippen molar-refractivity contribution in [2.45, 2.75) is 66.4 Å². The molecule has 1 rings (SSSR count). The number of hydrogen-bond acceptors (Lipinski definition) is 3. The van der Waals surface area contributed by atoms with Gasteiger partial charge in [0.2, 0.25) is 0 Å². The molecule has 0 heterocycles. The Kier molecular flexibility index (Phi) is 4.71. The summed E-state index contributed by atoms with van der Waals surface area (Å²) in [7, 11) is 0. The van der Waals surface area contributed by atoms with Crippen molar-refractivity contribution < 1.29 is 14.3 Å². The Labute approximate surface area is 110 Å². The Morgan fingerprint density at radius 1 is 1.33 bits per heavy atom. The average Bonchev–Trinajstić information content (AvgIpc) is 2.21. The van der Waals surface area contributed by atoms with Crippen LogP contribution >= 0.6 is 0 Å². The Hall–Kier alpha value is -1.12. The molecule has 3 heteroatoms. The molecule has 0 saturated heterocycles. The zero-order valence-corrected chi connectivity index (χ0v) is 12.1. The van der Waals surface area contributed by atoms with Gasteiger partial charge in [-0.1, -0.05) is 19.4 Å². The van der Waals surface area contributed by atoms with E-state index in [1.165, 1.54) is 12.5 Å². The number of ether oxygens (including phenoxy) is 1. The molecule has 1 unspecified atom stereocenters. The van der Waals surface area contributed by atoms with E-state index in [9.17, 15) is 9.59 Å². The molecule has 0 N–H and O–H groups in total.